The van der Waals surface area contributed by atoms with E-state index in [2.05, 4.69) is 21.3 Å². The number of nitrogens with one attached hydrogen (secondary N) is 5. The smallest absolute Gasteiger partial charge is 0.407 e. The third-order valence-corrected chi connectivity index (χ3v) is 10.7. The molecule has 360 valence electrons. The van der Waals surface area contributed by atoms with Crippen LogP contribution in [0.2, 0.25) is 0 Å². The van der Waals surface area contributed by atoms with Crippen molar-refractivity contribution in [3.63, 3.8) is 0 Å². The highest BCUT2D eigenvalue weighted by molar-refractivity contribution is 5.92. The zero-order valence-corrected chi connectivity index (χ0v) is 37.6. The maximum atomic E-state index is 15.2. The Morgan fingerprint density at radius 2 is 1.27 bits per heavy atom. The van der Waals surface area contributed by atoms with Crippen molar-refractivity contribution >= 4 is 29.9 Å². The third-order valence-electron chi connectivity index (χ3n) is 10.7. The highest BCUT2D eigenvalue weighted by Gasteiger charge is 2.52. The SMILES string of the molecule is COc1ccc([C@H](NC(=O)[C@H](Cc2ccc(CNC(=O)OC(C)(C)C)cc2)NC(=O)OCC2c3ccccc3-c3ccccc32)C(=O)N[C@@H](C(C)C)[C@@H](O)C(F)(F)C(=O)NCC(F)(F)F)cc1. The van der Waals surface area contributed by atoms with Gasteiger partial charge < -0.3 is 45.9 Å². The number of carbonyl (C=O) groups is 5. The van der Waals surface area contributed by atoms with Crippen LogP contribution in [0, 0.1) is 5.92 Å². The lowest BCUT2D eigenvalue weighted by atomic mass is 9.92. The molecule has 0 spiro atoms. The van der Waals surface area contributed by atoms with Crippen molar-refractivity contribution in [2.75, 3.05) is 20.3 Å². The van der Waals surface area contributed by atoms with Gasteiger partial charge in [0.15, 0.2) is 0 Å². The zero-order valence-electron chi connectivity index (χ0n) is 37.6. The summed E-state index contributed by atoms with van der Waals surface area (Å²) in [5.41, 5.74) is 4.38. The number of alkyl halides is 5. The normalized spacial score (nSPS) is 14.3. The first kappa shape index (κ1) is 51.2. The Morgan fingerprint density at radius 1 is 0.701 bits per heavy atom. The van der Waals surface area contributed by atoms with E-state index in [1.54, 1.807) is 45.0 Å². The highest BCUT2D eigenvalue weighted by atomic mass is 19.4. The van der Waals surface area contributed by atoms with E-state index in [0.29, 0.717) is 16.9 Å². The molecule has 4 atom stereocenters. The van der Waals surface area contributed by atoms with Gasteiger partial charge in [-0.15, -0.1) is 0 Å². The van der Waals surface area contributed by atoms with E-state index < -0.39 is 84.3 Å². The van der Waals surface area contributed by atoms with Gasteiger partial charge in [0.2, 0.25) is 11.8 Å². The molecule has 1 aliphatic rings. The van der Waals surface area contributed by atoms with Crippen molar-refractivity contribution in [3.05, 3.63) is 125 Å². The molecule has 0 radical (unpaired) electrons. The lowest BCUT2D eigenvalue weighted by Crippen LogP contribution is -2.61. The van der Waals surface area contributed by atoms with E-state index in [-0.39, 0.29) is 31.1 Å². The minimum Gasteiger partial charge on any atom is -0.497 e. The van der Waals surface area contributed by atoms with Crippen molar-refractivity contribution < 1.29 is 65.2 Å². The number of carbonyl (C=O) groups excluding carboxylic acids is 5. The van der Waals surface area contributed by atoms with Crippen LogP contribution in [-0.2, 0) is 36.8 Å². The van der Waals surface area contributed by atoms with Gasteiger partial charge in [-0.2, -0.15) is 22.0 Å². The second-order valence-electron chi connectivity index (χ2n) is 17.3. The van der Waals surface area contributed by atoms with Gasteiger partial charge in [0.25, 0.3) is 5.91 Å². The van der Waals surface area contributed by atoms with Gasteiger partial charge in [-0.3, -0.25) is 14.4 Å². The van der Waals surface area contributed by atoms with Gasteiger partial charge in [0, 0.05) is 18.9 Å². The van der Waals surface area contributed by atoms with Crippen LogP contribution < -0.4 is 31.3 Å². The zero-order chi connectivity index (χ0) is 49.3. The Bertz CT molecular complexity index is 2330. The van der Waals surface area contributed by atoms with Crippen molar-refractivity contribution in [3.8, 4) is 16.9 Å². The number of fused-ring (bicyclic) bond motifs is 3. The molecular formula is C48H54F5N5O9. The molecule has 1 aliphatic carbocycles. The summed E-state index contributed by atoms with van der Waals surface area (Å²) in [6, 6.07) is 22.6. The highest BCUT2D eigenvalue weighted by Crippen LogP contribution is 2.44. The summed E-state index contributed by atoms with van der Waals surface area (Å²) in [4.78, 5) is 66.8. The summed E-state index contributed by atoms with van der Waals surface area (Å²) < 4.78 is 85.0. The molecule has 0 unspecified atom stereocenters. The predicted octanol–water partition coefficient (Wildman–Crippen LogP) is 6.84. The fraction of sp³-hybridized carbons (Fsp3) is 0.396. The van der Waals surface area contributed by atoms with Crippen LogP contribution in [0.4, 0.5) is 31.5 Å². The number of rotatable bonds is 18. The van der Waals surface area contributed by atoms with Crippen LogP contribution in [0.25, 0.3) is 11.1 Å². The van der Waals surface area contributed by atoms with Crippen LogP contribution in [0.1, 0.15) is 74.4 Å². The minimum atomic E-state index is -5.03. The molecule has 5 amide bonds. The Labute approximate surface area is 384 Å². The maximum Gasteiger partial charge on any atom is 0.407 e. The average molecular weight is 940 g/mol. The van der Waals surface area contributed by atoms with Crippen molar-refractivity contribution in [1.29, 1.82) is 0 Å². The number of aliphatic hydroxyl groups is 1. The molecule has 14 nitrogen and oxygen atoms in total. The molecule has 0 heterocycles. The molecule has 0 saturated carbocycles. The van der Waals surface area contributed by atoms with Gasteiger partial charge >= 0.3 is 24.3 Å². The number of amides is 5. The number of halogens is 5. The molecule has 5 rings (SSSR count). The van der Waals surface area contributed by atoms with E-state index >= 15 is 8.78 Å². The molecule has 0 saturated heterocycles. The lowest BCUT2D eigenvalue weighted by molar-refractivity contribution is -0.175. The quantitative estimate of drug-likeness (QED) is 0.0580. The summed E-state index contributed by atoms with van der Waals surface area (Å²) >= 11 is 0. The summed E-state index contributed by atoms with van der Waals surface area (Å²) in [7, 11) is 1.38. The van der Waals surface area contributed by atoms with E-state index in [9.17, 15) is 42.3 Å². The fourth-order valence-corrected chi connectivity index (χ4v) is 7.36. The lowest BCUT2D eigenvalue weighted by Gasteiger charge is -2.33. The Morgan fingerprint density at radius 3 is 1.81 bits per heavy atom. The maximum absolute atomic E-state index is 15.2. The van der Waals surface area contributed by atoms with E-state index in [4.69, 9.17) is 14.2 Å². The van der Waals surface area contributed by atoms with Gasteiger partial charge in [-0.1, -0.05) is 98.8 Å². The minimum absolute atomic E-state index is 0.0834. The topological polar surface area (TPSA) is 193 Å². The third kappa shape index (κ3) is 13.9. The van der Waals surface area contributed by atoms with Gasteiger partial charge in [0.05, 0.1) is 13.2 Å². The average Bonchev–Trinajstić information content (AvgIpc) is 3.60. The second-order valence-corrected chi connectivity index (χ2v) is 17.3. The molecule has 0 bridgehead atoms. The van der Waals surface area contributed by atoms with Crippen molar-refractivity contribution in [2.24, 2.45) is 5.92 Å². The second kappa shape index (κ2) is 21.7. The molecular weight excluding hydrogens is 886 g/mol. The molecule has 0 aromatic heterocycles. The number of aliphatic hydroxyl groups excluding tert-OH is 1. The number of hydrogen-bond donors (Lipinski definition) is 6. The Balaban J connectivity index is 1.41. The summed E-state index contributed by atoms with van der Waals surface area (Å²) in [5, 5.41) is 21.9. The van der Waals surface area contributed by atoms with Gasteiger partial charge in [-0.05, 0) is 77.8 Å². The van der Waals surface area contributed by atoms with E-state index in [1.807, 2.05) is 48.5 Å². The Hall–Kier alpha value is -6.76. The number of methoxy groups -OCH3 is 1. The van der Waals surface area contributed by atoms with E-state index in [0.717, 1.165) is 27.6 Å². The summed E-state index contributed by atoms with van der Waals surface area (Å²) in [6.07, 6.45) is -9.86. The fourth-order valence-electron chi connectivity index (χ4n) is 7.36. The van der Waals surface area contributed by atoms with Crippen molar-refractivity contribution in [1.82, 2.24) is 26.6 Å². The Kier molecular flexibility index (Phi) is 16.6. The van der Waals surface area contributed by atoms with Crippen LogP contribution in [0.15, 0.2) is 97.1 Å². The van der Waals surface area contributed by atoms with Gasteiger partial charge in [0.1, 0.15) is 42.7 Å². The molecule has 67 heavy (non-hydrogen) atoms. The standard InChI is InChI=1S/C48H54F5N5O9/c1-27(2)38(40(59)48(52,53)43(62)55-26-47(49,50)51)57-42(61)39(30-19-21-31(65-6)22-20-30)58-41(60)37(23-28-15-17-29(18-16-28)24-54-44(63)67-46(3,4)5)56-45(64)66-25-36-34-13-9-7-11-32(34)33-12-8-10-14-35(33)36/h7-22,27,36-40,59H,23-26H2,1-6H3,(H,54,63)(H,55,62)(H,56,64)(H,57,61)(H,58,60)/t37-,38-,39-,40+/m0/s1. The molecule has 0 aliphatic heterocycles. The largest absolute Gasteiger partial charge is 0.497 e. The first-order valence-corrected chi connectivity index (χ1v) is 21.3. The van der Waals surface area contributed by atoms with Crippen LogP contribution in [-0.4, -0.2) is 91.2 Å². The van der Waals surface area contributed by atoms with E-state index in [1.165, 1.54) is 45.2 Å². The van der Waals surface area contributed by atoms with Crippen LogP contribution in [0.5, 0.6) is 5.75 Å². The molecule has 4 aromatic carbocycles. The number of benzene rings is 4. The molecule has 4 aromatic rings. The first-order chi connectivity index (χ1) is 31.5. The summed E-state index contributed by atoms with van der Waals surface area (Å²) in [5.74, 6) is -10.4. The monoisotopic (exact) mass is 939 g/mol. The van der Waals surface area contributed by atoms with Crippen molar-refractivity contribution in [2.45, 2.75) is 95.4 Å². The number of ether oxygens (including phenoxy) is 3. The number of hydrogen-bond acceptors (Lipinski definition) is 9. The molecule has 19 heteroatoms. The predicted molar refractivity (Wildman–Crippen MR) is 236 cm³/mol. The van der Waals surface area contributed by atoms with Crippen LogP contribution in [0.3, 0.4) is 0 Å². The molecule has 6 N–H and O–H groups in total. The number of alkyl carbamates (subject to hydrolysis) is 2. The molecule has 0 fully saturated rings. The van der Waals surface area contributed by atoms with Crippen LogP contribution >= 0.6 is 0 Å². The first-order valence-electron chi connectivity index (χ1n) is 21.3. The van der Waals surface area contributed by atoms with Gasteiger partial charge in [-0.25, -0.2) is 9.59 Å². The summed E-state index contributed by atoms with van der Waals surface area (Å²) in [6.45, 7) is 5.69.